The van der Waals surface area contributed by atoms with E-state index in [9.17, 15) is 19.7 Å². The molecule has 0 unspecified atom stereocenters. The van der Waals surface area contributed by atoms with Crippen LogP contribution >= 0.6 is 0 Å². The summed E-state index contributed by atoms with van der Waals surface area (Å²) in [5, 5.41) is 13.5. The second-order valence-corrected chi connectivity index (χ2v) is 6.37. The van der Waals surface area contributed by atoms with Gasteiger partial charge in [-0.2, -0.15) is 0 Å². The fraction of sp³-hybridized carbons (Fsp3) is 0.0909. The molecule has 0 radical (unpaired) electrons. The number of nitrogens with one attached hydrogen (secondary N) is 1. The van der Waals surface area contributed by atoms with Crippen LogP contribution in [0.5, 0.6) is 11.5 Å². The van der Waals surface area contributed by atoms with Crippen molar-refractivity contribution in [1.29, 1.82) is 0 Å². The van der Waals surface area contributed by atoms with E-state index in [2.05, 4.69) is 5.32 Å². The topological polar surface area (TPSA) is 108 Å². The molecule has 8 heteroatoms. The van der Waals surface area contributed by atoms with Gasteiger partial charge < -0.3 is 14.8 Å². The maximum atomic E-state index is 12.3. The minimum Gasteiger partial charge on any atom is -0.482 e. The lowest BCUT2D eigenvalue weighted by atomic mass is 10.2. The Morgan fingerprint density at radius 3 is 2.40 bits per heavy atom. The van der Waals surface area contributed by atoms with Crippen LogP contribution in [0.3, 0.4) is 0 Å². The predicted octanol–water partition coefficient (Wildman–Crippen LogP) is 4.14. The SMILES string of the molecule is Cc1cccc(OCC(=O)Oc2ccc(NC(=O)c3cccc([N+](=O)[O-])c3)cc2)c1. The summed E-state index contributed by atoms with van der Waals surface area (Å²) >= 11 is 0. The summed E-state index contributed by atoms with van der Waals surface area (Å²) in [7, 11) is 0. The van der Waals surface area contributed by atoms with Gasteiger partial charge in [0.1, 0.15) is 11.5 Å². The lowest BCUT2D eigenvalue weighted by Gasteiger charge is -2.09. The Balaban J connectivity index is 1.54. The third kappa shape index (κ3) is 5.65. The average molecular weight is 406 g/mol. The average Bonchev–Trinajstić information content (AvgIpc) is 2.74. The highest BCUT2D eigenvalue weighted by molar-refractivity contribution is 6.04. The van der Waals surface area contributed by atoms with Crippen molar-refractivity contribution in [1.82, 2.24) is 0 Å². The fourth-order valence-corrected chi connectivity index (χ4v) is 2.58. The number of aryl methyl sites for hydroxylation is 1. The van der Waals surface area contributed by atoms with Crippen LogP contribution in [-0.4, -0.2) is 23.4 Å². The van der Waals surface area contributed by atoms with E-state index in [1.165, 1.54) is 36.4 Å². The molecule has 8 nitrogen and oxygen atoms in total. The molecular weight excluding hydrogens is 388 g/mol. The summed E-state index contributed by atoms with van der Waals surface area (Å²) < 4.78 is 10.6. The van der Waals surface area contributed by atoms with E-state index in [1.807, 2.05) is 25.1 Å². The van der Waals surface area contributed by atoms with Crippen LogP contribution < -0.4 is 14.8 Å². The van der Waals surface area contributed by atoms with Gasteiger partial charge in [0.2, 0.25) is 0 Å². The maximum Gasteiger partial charge on any atom is 0.349 e. The summed E-state index contributed by atoms with van der Waals surface area (Å²) in [5.74, 6) is -0.188. The van der Waals surface area contributed by atoms with Crippen molar-refractivity contribution < 1.29 is 24.0 Å². The first-order valence-electron chi connectivity index (χ1n) is 8.97. The second-order valence-electron chi connectivity index (χ2n) is 6.37. The van der Waals surface area contributed by atoms with Crippen molar-refractivity contribution in [2.24, 2.45) is 0 Å². The molecule has 0 aliphatic carbocycles. The van der Waals surface area contributed by atoms with Crippen LogP contribution in [0.4, 0.5) is 11.4 Å². The normalized spacial score (nSPS) is 10.2. The minimum absolute atomic E-state index is 0.160. The monoisotopic (exact) mass is 406 g/mol. The van der Waals surface area contributed by atoms with Crippen LogP contribution in [0, 0.1) is 17.0 Å². The van der Waals surface area contributed by atoms with E-state index in [0.717, 1.165) is 5.56 Å². The van der Waals surface area contributed by atoms with Crippen LogP contribution in [-0.2, 0) is 4.79 Å². The number of non-ortho nitro benzene ring substituents is 1. The zero-order valence-corrected chi connectivity index (χ0v) is 16.0. The van der Waals surface area contributed by atoms with Crippen molar-refractivity contribution in [3.05, 3.63) is 94.0 Å². The molecule has 3 aromatic carbocycles. The molecule has 0 fully saturated rings. The largest absolute Gasteiger partial charge is 0.482 e. The van der Waals surface area contributed by atoms with Crippen molar-refractivity contribution >= 4 is 23.3 Å². The molecular formula is C22H18N2O6. The molecule has 0 heterocycles. The van der Waals surface area contributed by atoms with E-state index < -0.39 is 16.8 Å². The molecule has 1 N–H and O–H groups in total. The molecule has 30 heavy (non-hydrogen) atoms. The lowest BCUT2D eigenvalue weighted by Crippen LogP contribution is -2.17. The van der Waals surface area contributed by atoms with E-state index in [1.54, 1.807) is 18.2 Å². The smallest absolute Gasteiger partial charge is 0.349 e. The quantitative estimate of drug-likeness (QED) is 0.273. The van der Waals surface area contributed by atoms with Gasteiger partial charge in [-0.3, -0.25) is 14.9 Å². The second kappa shape index (κ2) is 9.33. The van der Waals surface area contributed by atoms with Gasteiger partial charge >= 0.3 is 5.97 Å². The Morgan fingerprint density at radius 2 is 1.70 bits per heavy atom. The van der Waals surface area contributed by atoms with Crippen molar-refractivity contribution in [2.45, 2.75) is 6.92 Å². The maximum absolute atomic E-state index is 12.3. The van der Waals surface area contributed by atoms with Gasteiger partial charge in [-0.1, -0.05) is 18.2 Å². The zero-order chi connectivity index (χ0) is 21.5. The molecule has 0 aliphatic heterocycles. The van der Waals surface area contributed by atoms with E-state index in [0.29, 0.717) is 17.2 Å². The molecule has 0 aliphatic rings. The fourth-order valence-electron chi connectivity index (χ4n) is 2.58. The van der Waals surface area contributed by atoms with Crippen LogP contribution in [0.1, 0.15) is 15.9 Å². The molecule has 3 rings (SSSR count). The number of nitro benzene ring substituents is 1. The highest BCUT2D eigenvalue weighted by Gasteiger charge is 2.12. The number of rotatable bonds is 7. The number of esters is 1. The Labute approximate surface area is 172 Å². The molecule has 0 saturated heterocycles. The zero-order valence-electron chi connectivity index (χ0n) is 16.0. The van der Waals surface area contributed by atoms with Crippen LogP contribution in [0.25, 0.3) is 0 Å². The van der Waals surface area contributed by atoms with Crippen molar-refractivity contribution in [3.63, 3.8) is 0 Å². The van der Waals surface area contributed by atoms with Gasteiger partial charge in [-0.25, -0.2) is 4.79 Å². The third-order valence-electron chi connectivity index (χ3n) is 4.01. The predicted molar refractivity (Wildman–Crippen MR) is 110 cm³/mol. The molecule has 1 amide bonds. The van der Waals surface area contributed by atoms with Gasteiger partial charge in [-0.05, 0) is 55.0 Å². The Hall–Kier alpha value is -4.20. The number of nitrogens with zero attached hydrogens (tertiary/aromatic N) is 1. The molecule has 0 spiro atoms. The summed E-state index contributed by atoms with van der Waals surface area (Å²) in [4.78, 5) is 34.5. The van der Waals surface area contributed by atoms with Gasteiger partial charge in [0, 0.05) is 23.4 Å². The number of amides is 1. The van der Waals surface area contributed by atoms with Crippen molar-refractivity contribution in [2.75, 3.05) is 11.9 Å². The summed E-state index contributed by atoms with van der Waals surface area (Å²) in [6.45, 7) is 1.68. The number of carbonyl (C=O) groups excluding carboxylic acids is 2. The summed E-state index contributed by atoms with van der Waals surface area (Å²) in [6, 6.07) is 18.9. The third-order valence-corrected chi connectivity index (χ3v) is 4.01. The van der Waals surface area contributed by atoms with Gasteiger partial charge in [0.05, 0.1) is 4.92 Å². The highest BCUT2D eigenvalue weighted by atomic mass is 16.6. The number of hydrogen-bond donors (Lipinski definition) is 1. The first kappa shape index (κ1) is 20.5. The number of anilines is 1. The molecule has 0 atom stereocenters. The number of nitro groups is 1. The first-order chi connectivity index (χ1) is 14.4. The molecule has 0 saturated carbocycles. The van der Waals surface area contributed by atoms with Crippen LogP contribution in [0.2, 0.25) is 0 Å². The number of ether oxygens (including phenoxy) is 2. The number of benzene rings is 3. The molecule has 152 valence electrons. The molecule has 0 aromatic heterocycles. The van der Waals surface area contributed by atoms with Crippen LogP contribution in [0.15, 0.2) is 72.8 Å². The molecule has 0 bridgehead atoms. The van der Waals surface area contributed by atoms with Crippen molar-refractivity contribution in [3.8, 4) is 11.5 Å². The first-order valence-corrected chi connectivity index (χ1v) is 8.97. The Kier molecular flexibility index (Phi) is 6.39. The Bertz CT molecular complexity index is 1080. The number of carbonyl (C=O) groups is 2. The summed E-state index contributed by atoms with van der Waals surface area (Å²) in [6.07, 6.45) is 0. The minimum atomic E-state index is -0.567. The lowest BCUT2D eigenvalue weighted by molar-refractivity contribution is -0.384. The van der Waals surface area contributed by atoms with Gasteiger partial charge in [-0.15, -0.1) is 0 Å². The Morgan fingerprint density at radius 1 is 0.967 bits per heavy atom. The highest BCUT2D eigenvalue weighted by Crippen LogP contribution is 2.19. The van der Waals surface area contributed by atoms with Gasteiger partial charge in [0.15, 0.2) is 6.61 Å². The van der Waals surface area contributed by atoms with E-state index >= 15 is 0 Å². The van der Waals surface area contributed by atoms with Gasteiger partial charge in [0.25, 0.3) is 11.6 Å². The standard InChI is InChI=1S/C22H18N2O6/c1-15-4-2-7-20(12-15)29-14-21(25)30-19-10-8-17(9-11-19)23-22(26)16-5-3-6-18(13-16)24(27)28/h2-13H,14H2,1H3,(H,23,26). The number of hydrogen-bond acceptors (Lipinski definition) is 6. The summed E-state index contributed by atoms with van der Waals surface area (Å²) in [5.41, 5.74) is 1.46. The van der Waals surface area contributed by atoms with E-state index in [-0.39, 0.29) is 17.9 Å². The van der Waals surface area contributed by atoms with E-state index in [4.69, 9.17) is 9.47 Å². The molecule has 3 aromatic rings.